The fourth-order valence-corrected chi connectivity index (χ4v) is 4.35. The van der Waals surface area contributed by atoms with E-state index in [1.54, 1.807) is 25.2 Å². The number of fused-ring (bicyclic) bond motifs is 3. The monoisotopic (exact) mass is 415 g/mol. The van der Waals surface area contributed by atoms with Crippen molar-refractivity contribution in [1.82, 2.24) is 9.88 Å². The Labute approximate surface area is 170 Å². The summed E-state index contributed by atoms with van der Waals surface area (Å²) >= 11 is 1.06. The molecule has 1 aromatic heterocycles. The van der Waals surface area contributed by atoms with Crippen LogP contribution in [0.25, 0.3) is 11.3 Å². The summed E-state index contributed by atoms with van der Waals surface area (Å²) in [6.45, 7) is -0.107. The van der Waals surface area contributed by atoms with Gasteiger partial charge in [-0.05, 0) is 18.2 Å². The van der Waals surface area contributed by atoms with Crippen molar-refractivity contribution in [2.75, 3.05) is 26.9 Å². The zero-order chi connectivity index (χ0) is 20.8. The Morgan fingerprint density at radius 1 is 1.55 bits per heavy atom. The number of likely N-dealkylation sites (N-methyl/N-ethyl adjacent to an activating group) is 1. The number of nitrogens with two attached hydrogens (primary N) is 1. The quantitative estimate of drug-likeness (QED) is 0.720. The van der Waals surface area contributed by atoms with Gasteiger partial charge in [-0.3, -0.25) is 14.0 Å². The Morgan fingerprint density at radius 2 is 2.34 bits per heavy atom. The molecule has 7 nitrogen and oxygen atoms in total. The van der Waals surface area contributed by atoms with E-state index in [0.717, 1.165) is 11.3 Å². The number of hydrogen-bond acceptors (Lipinski definition) is 6. The van der Waals surface area contributed by atoms with E-state index in [-0.39, 0.29) is 18.0 Å². The number of primary amides is 1. The molecule has 0 unspecified atom stereocenters. The summed E-state index contributed by atoms with van der Waals surface area (Å²) in [6, 6.07) is 5.06. The largest absolute Gasteiger partial charge is 0.492 e. The molecule has 2 amide bonds. The molecule has 2 atom stereocenters. The highest BCUT2D eigenvalue weighted by atomic mass is 32.1. The Morgan fingerprint density at radius 3 is 3.00 bits per heavy atom. The lowest BCUT2D eigenvalue weighted by atomic mass is 10.0. The van der Waals surface area contributed by atoms with Gasteiger partial charge in [0.05, 0.1) is 18.2 Å². The molecular formula is C20H18FN3O4S. The van der Waals surface area contributed by atoms with Gasteiger partial charge in [-0.15, -0.1) is 11.3 Å². The molecule has 0 saturated carbocycles. The molecule has 29 heavy (non-hydrogen) atoms. The highest BCUT2D eigenvalue weighted by molar-refractivity contribution is 7.14. The molecule has 2 aromatic rings. The number of halogens is 1. The number of amides is 2. The second-order valence-electron chi connectivity index (χ2n) is 7.06. The van der Waals surface area contributed by atoms with Crippen LogP contribution in [0.3, 0.4) is 0 Å². The normalized spacial score (nSPS) is 22.8. The minimum Gasteiger partial charge on any atom is -0.492 e. The standard InChI is InChI=1S/C20H18FN3O4S/c1-24-7-6-20(27,19(24)26)5-4-11-2-3-14-13(8-11)15-16(12(9-21)10-28-14)29-18(23-15)17(22)25/h2-3,8,12,27H,6-7,9-10H2,1H3,(H2,22,25)/t12-,20+/m1/s1. The van der Waals surface area contributed by atoms with E-state index in [0.29, 0.717) is 34.0 Å². The molecule has 0 spiro atoms. The summed E-state index contributed by atoms with van der Waals surface area (Å²) in [6.07, 6.45) is 0.236. The third kappa shape index (κ3) is 3.34. The van der Waals surface area contributed by atoms with Gasteiger partial charge in [0.1, 0.15) is 12.4 Å². The van der Waals surface area contributed by atoms with Gasteiger partial charge in [-0.2, -0.15) is 0 Å². The van der Waals surface area contributed by atoms with E-state index < -0.39 is 30.0 Å². The molecule has 9 heteroatoms. The number of carbonyl (C=O) groups is 2. The Kier molecular flexibility index (Phi) is 4.76. The summed E-state index contributed by atoms with van der Waals surface area (Å²) < 4.78 is 19.3. The van der Waals surface area contributed by atoms with E-state index in [9.17, 15) is 19.1 Å². The van der Waals surface area contributed by atoms with E-state index in [4.69, 9.17) is 10.5 Å². The first kappa shape index (κ1) is 19.4. The number of rotatable bonds is 2. The van der Waals surface area contributed by atoms with Crippen LogP contribution in [-0.2, 0) is 4.79 Å². The van der Waals surface area contributed by atoms with Crippen molar-refractivity contribution < 1.29 is 23.8 Å². The molecule has 0 aliphatic carbocycles. The van der Waals surface area contributed by atoms with Gasteiger partial charge in [-0.1, -0.05) is 11.8 Å². The number of thiazole rings is 1. The number of ether oxygens (including phenoxy) is 1. The van der Waals surface area contributed by atoms with Crippen LogP contribution < -0.4 is 10.5 Å². The summed E-state index contributed by atoms with van der Waals surface area (Å²) in [7, 11) is 1.61. The van der Waals surface area contributed by atoms with Gasteiger partial charge in [0.2, 0.25) is 5.60 Å². The van der Waals surface area contributed by atoms with Crippen LogP contribution in [0.4, 0.5) is 4.39 Å². The SMILES string of the molecule is CN1CC[C@@](O)(C#Cc2ccc3c(c2)-c2nc(C(N)=O)sc2[C@H](CF)CO3)C1=O. The number of aliphatic hydroxyl groups is 1. The van der Waals surface area contributed by atoms with Crippen LogP contribution in [0.15, 0.2) is 18.2 Å². The number of nitrogens with zero attached hydrogens (tertiary/aromatic N) is 2. The first-order valence-electron chi connectivity index (χ1n) is 8.97. The summed E-state index contributed by atoms with van der Waals surface area (Å²) in [5, 5.41) is 10.6. The molecular weight excluding hydrogens is 397 g/mol. The van der Waals surface area contributed by atoms with Crippen molar-refractivity contribution in [1.29, 1.82) is 0 Å². The zero-order valence-corrected chi connectivity index (χ0v) is 16.4. The minimum atomic E-state index is -1.71. The smallest absolute Gasteiger partial charge is 0.277 e. The van der Waals surface area contributed by atoms with Crippen molar-refractivity contribution in [2.45, 2.75) is 17.9 Å². The number of hydrogen-bond donors (Lipinski definition) is 2. The molecule has 2 aliphatic rings. The molecule has 2 aliphatic heterocycles. The average Bonchev–Trinajstić information content (AvgIpc) is 3.21. The second kappa shape index (κ2) is 7.13. The number of aromatic nitrogens is 1. The highest BCUT2D eigenvalue weighted by Crippen LogP contribution is 2.42. The van der Waals surface area contributed by atoms with E-state index >= 15 is 0 Å². The van der Waals surface area contributed by atoms with Gasteiger partial charge in [-0.25, -0.2) is 4.98 Å². The second-order valence-corrected chi connectivity index (χ2v) is 8.09. The summed E-state index contributed by atoms with van der Waals surface area (Å²) in [5.74, 6) is 4.34. The molecule has 150 valence electrons. The molecule has 3 N–H and O–H groups in total. The molecule has 0 radical (unpaired) electrons. The minimum absolute atomic E-state index is 0.103. The number of carbonyl (C=O) groups excluding carboxylic acids is 2. The van der Waals surface area contributed by atoms with E-state index in [2.05, 4.69) is 16.8 Å². The van der Waals surface area contributed by atoms with E-state index in [1.165, 1.54) is 4.90 Å². The van der Waals surface area contributed by atoms with Gasteiger partial charge >= 0.3 is 0 Å². The fraction of sp³-hybridized carbons (Fsp3) is 0.350. The van der Waals surface area contributed by atoms with E-state index in [1.807, 2.05) is 0 Å². The van der Waals surface area contributed by atoms with Crippen molar-refractivity contribution in [3.63, 3.8) is 0 Å². The number of alkyl halides is 1. The highest BCUT2D eigenvalue weighted by Gasteiger charge is 2.42. The van der Waals surface area contributed by atoms with Gasteiger partial charge in [0.25, 0.3) is 11.8 Å². The maximum atomic E-state index is 13.6. The van der Waals surface area contributed by atoms with Crippen LogP contribution in [0.1, 0.15) is 32.6 Å². The van der Waals surface area contributed by atoms with Crippen molar-refractivity contribution in [3.05, 3.63) is 33.6 Å². The number of likely N-dealkylation sites (tertiary alicyclic amines) is 1. The lowest BCUT2D eigenvalue weighted by Gasteiger charge is -2.13. The predicted octanol–water partition coefficient (Wildman–Crippen LogP) is 1.30. The molecule has 1 fully saturated rings. The first-order chi connectivity index (χ1) is 13.8. The van der Waals surface area contributed by atoms with Crippen LogP contribution in [0.2, 0.25) is 0 Å². The fourth-order valence-electron chi connectivity index (χ4n) is 3.35. The lowest BCUT2D eigenvalue weighted by molar-refractivity contribution is -0.137. The maximum absolute atomic E-state index is 13.6. The van der Waals surface area contributed by atoms with Crippen LogP contribution in [0.5, 0.6) is 5.75 Å². The van der Waals surface area contributed by atoms with Crippen molar-refractivity contribution >= 4 is 23.2 Å². The lowest BCUT2D eigenvalue weighted by Crippen LogP contribution is -2.37. The van der Waals surface area contributed by atoms with Crippen LogP contribution in [0, 0.1) is 11.8 Å². The van der Waals surface area contributed by atoms with Gasteiger partial charge in [0.15, 0.2) is 5.01 Å². The maximum Gasteiger partial charge on any atom is 0.277 e. The van der Waals surface area contributed by atoms with Gasteiger partial charge in [0, 0.05) is 36.0 Å². The summed E-state index contributed by atoms with van der Waals surface area (Å²) in [4.78, 5) is 30.0. The third-order valence-corrected chi connectivity index (χ3v) is 6.25. The Balaban J connectivity index is 1.77. The van der Waals surface area contributed by atoms with Crippen LogP contribution >= 0.6 is 11.3 Å². The third-order valence-electron chi connectivity index (χ3n) is 5.02. The average molecular weight is 415 g/mol. The molecule has 4 rings (SSSR count). The molecule has 3 heterocycles. The van der Waals surface area contributed by atoms with Crippen LogP contribution in [-0.4, -0.2) is 59.3 Å². The predicted molar refractivity (Wildman–Crippen MR) is 104 cm³/mol. The molecule has 1 aromatic carbocycles. The van der Waals surface area contributed by atoms with Crippen molar-refractivity contribution in [3.8, 4) is 28.8 Å². The summed E-state index contributed by atoms with van der Waals surface area (Å²) in [5.41, 5.74) is 5.18. The van der Waals surface area contributed by atoms with Crippen molar-refractivity contribution in [2.24, 2.45) is 5.73 Å². The molecule has 0 bridgehead atoms. The first-order valence-corrected chi connectivity index (χ1v) is 9.79. The topological polar surface area (TPSA) is 106 Å². The molecule has 1 saturated heterocycles. The number of benzene rings is 1. The van der Waals surface area contributed by atoms with Gasteiger partial charge < -0.3 is 20.5 Å². The zero-order valence-electron chi connectivity index (χ0n) is 15.6. The Hall–Kier alpha value is -2.96. The Bertz CT molecular complexity index is 1070.